The molecule has 1 amide bonds. The van der Waals surface area contributed by atoms with Crippen molar-refractivity contribution in [1.82, 2.24) is 14.9 Å². The number of carbonyl (C=O) groups is 1. The number of amides is 1. The number of likely N-dealkylation sites (tertiary alicyclic amines) is 1. The number of carbonyl (C=O) groups excluding carboxylic acids is 1. The number of hydrogen-bond donors (Lipinski definition) is 0. The van der Waals surface area contributed by atoms with E-state index >= 15 is 0 Å². The molecule has 2 aliphatic rings. The van der Waals surface area contributed by atoms with E-state index in [0.29, 0.717) is 24.9 Å². The summed E-state index contributed by atoms with van der Waals surface area (Å²) in [5.41, 5.74) is -0.463. The molecule has 0 bridgehead atoms. The first-order valence-corrected chi connectivity index (χ1v) is 7.82. The van der Waals surface area contributed by atoms with Gasteiger partial charge in [0.15, 0.2) is 0 Å². The zero-order valence-corrected chi connectivity index (χ0v) is 13.7. The largest absolute Gasteiger partial charge is 0.444 e. The van der Waals surface area contributed by atoms with E-state index in [1.165, 1.54) is 0 Å². The fourth-order valence-electron chi connectivity index (χ4n) is 3.23. The number of nitrogens with zero attached hydrogens (tertiary/aromatic N) is 5. The second kappa shape index (κ2) is 5.69. The average Bonchev–Trinajstić information content (AvgIpc) is 3.04. The summed E-state index contributed by atoms with van der Waals surface area (Å²) in [6.45, 7) is 8.75. The number of nitriles is 1. The number of rotatable bonds is 1. The van der Waals surface area contributed by atoms with Gasteiger partial charge in [0, 0.05) is 44.2 Å². The molecule has 23 heavy (non-hydrogen) atoms. The Hall–Kier alpha value is -2.36. The summed E-state index contributed by atoms with van der Waals surface area (Å²) in [7, 11) is 0. The summed E-state index contributed by atoms with van der Waals surface area (Å²) < 4.78 is 5.45. The first-order chi connectivity index (χ1) is 10.9. The van der Waals surface area contributed by atoms with Crippen molar-refractivity contribution in [3.63, 3.8) is 0 Å². The second-order valence-electron chi connectivity index (χ2n) is 7.16. The van der Waals surface area contributed by atoms with Gasteiger partial charge in [0.1, 0.15) is 17.5 Å². The maximum absolute atomic E-state index is 12.2. The smallest absolute Gasteiger partial charge is 0.410 e. The van der Waals surface area contributed by atoms with Gasteiger partial charge in [-0.1, -0.05) is 0 Å². The van der Waals surface area contributed by atoms with E-state index in [9.17, 15) is 4.79 Å². The van der Waals surface area contributed by atoms with Gasteiger partial charge in [-0.25, -0.2) is 14.8 Å². The first-order valence-electron chi connectivity index (χ1n) is 7.82. The Kier molecular flexibility index (Phi) is 3.84. The van der Waals surface area contributed by atoms with E-state index in [0.717, 1.165) is 18.9 Å². The Morgan fingerprint density at radius 1 is 1.30 bits per heavy atom. The molecular weight excluding hydrogens is 294 g/mol. The Bertz CT molecular complexity index is 635. The molecule has 2 fully saturated rings. The zero-order valence-electron chi connectivity index (χ0n) is 13.7. The molecule has 122 valence electrons. The normalized spacial score (nSPS) is 23.6. The van der Waals surface area contributed by atoms with Gasteiger partial charge in [0.2, 0.25) is 5.82 Å². The van der Waals surface area contributed by atoms with Crippen LogP contribution in [-0.4, -0.2) is 52.7 Å². The van der Waals surface area contributed by atoms with Gasteiger partial charge >= 0.3 is 6.09 Å². The van der Waals surface area contributed by atoms with Crippen LogP contribution in [0.25, 0.3) is 0 Å². The van der Waals surface area contributed by atoms with Crippen molar-refractivity contribution in [2.45, 2.75) is 26.4 Å². The van der Waals surface area contributed by atoms with Crippen LogP contribution < -0.4 is 4.90 Å². The Labute approximate surface area is 135 Å². The number of anilines is 1. The van der Waals surface area contributed by atoms with Crippen LogP contribution in [0.1, 0.15) is 26.6 Å². The van der Waals surface area contributed by atoms with Gasteiger partial charge < -0.3 is 14.5 Å². The molecule has 1 aromatic rings. The summed E-state index contributed by atoms with van der Waals surface area (Å²) in [5.74, 6) is 1.82. The summed E-state index contributed by atoms with van der Waals surface area (Å²) in [5, 5.41) is 8.90. The summed E-state index contributed by atoms with van der Waals surface area (Å²) >= 11 is 0. The van der Waals surface area contributed by atoms with Crippen LogP contribution in [0.2, 0.25) is 0 Å². The highest BCUT2D eigenvalue weighted by Crippen LogP contribution is 2.33. The van der Waals surface area contributed by atoms with Crippen molar-refractivity contribution in [2.24, 2.45) is 11.8 Å². The SMILES string of the molecule is CC(C)(C)OC(=O)N1C[C@@H]2CN(c3ccnc(C#N)n3)C[C@H]2C1. The molecule has 0 aliphatic carbocycles. The molecule has 2 atom stereocenters. The van der Waals surface area contributed by atoms with E-state index in [-0.39, 0.29) is 11.9 Å². The van der Waals surface area contributed by atoms with Crippen molar-refractivity contribution in [3.8, 4) is 6.07 Å². The van der Waals surface area contributed by atoms with Crippen LogP contribution in [0, 0.1) is 23.2 Å². The van der Waals surface area contributed by atoms with Crippen molar-refractivity contribution >= 4 is 11.9 Å². The van der Waals surface area contributed by atoms with Crippen molar-refractivity contribution in [2.75, 3.05) is 31.1 Å². The highest BCUT2D eigenvalue weighted by Gasteiger charge is 2.43. The van der Waals surface area contributed by atoms with Crippen molar-refractivity contribution in [3.05, 3.63) is 18.1 Å². The van der Waals surface area contributed by atoms with E-state index in [1.54, 1.807) is 11.1 Å². The summed E-state index contributed by atoms with van der Waals surface area (Å²) in [6, 6.07) is 3.79. The zero-order chi connectivity index (χ0) is 16.6. The van der Waals surface area contributed by atoms with Crippen LogP contribution in [-0.2, 0) is 4.74 Å². The molecule has 0 aromatic carbocycles. The van der Waals surface area contributed by atoms with E-state index in [2.05, 4.69) is 14.9 Å². The lowest BCUT2D eigenvalue weighted by molar-refractivity contribution is 0.0282. The fourth-order valence-corrected chi connectivity index (χ4v) is 3.23. The molecular formula is C16H21N5O2. The predicted octanol–water partition coefficient (Wildman–Crippen LogP) is 1.65. The minimum Gasteiger partial charge on any atom is -0.444 e. The molecule has 3 heterocycles. The molecule has 0 N–H and O–H groups in total. The lowest BCUT2D eigenvalue weighted by Gasteiger charge is -2.26. The molecule has 0 spiro atoms. The highest BCUT2D eigenvalue weighted by molar-refractivity contribution is 5.68. The summed E-state index contributed by atoms with van der Waals surface area (Å²) in [6.07, 6.45) is 1.38. The Balaban J connectivity index is 1.61. The number of hydrogen-bond acceptors (Lipinski definition) is 6. The van der Waals surface area contributed by atoms with Crippen LogP contribution in [0.4, 0.5) is 10.6 Å². The maximum Gasteiger partial charge on any atom is 0.410 e. The third kappa shape index (κ3) is 3.36. The van der Waals surface area contributed by atoms with E-state index in [1.807, 2.05) is 32.9 Å². The van der Waals surface area contributed by atoms with Gasteiger partial charge in [0.05, 0.1) is 0 Å². The fraction of sp³-hybridized carbons (Fsp3) is 0.625. The van der Waals surface area contributed by atoms with Crippen molar-refractivity contribution < 1.29 is 9.53 Å². The molecule has 7 nitrogen and oxygen atoms in total. The standard InChI is InChI=1S/C16H21N5O2/c1-16(2,3)23-15(22)21-9-11-7-20(8-12(11)10-21)14-4-5-18-13(6-17)19-14/h4-5,11-12H,7-10H2,1-3H3/t11-,12-/m0/s1. The Morgan fingerprint density at radius 3 is 2.52 bits per heavy atom. The molecule has 0 radical (unpaired) electrons. The lowest BCUT2D eigenvalue weighted by Crippen LogP contribution is -2.37. The third-order valence-corrected chi connectivity index (χ3v) is 4.20. The molecule has 0 saturated carbocycles. The number of fused-ring (bicyclic) bond motifs is 1. The highest BCUT2D eigenvalue weighted by atomic mass is 16.6. The monoisotopic (exact) mass is 315 g/mol. The predicted molar refractivity (Wildman–Crippen MR) is 83.7 cm³/mol. The van der Waals surface area contributed by atoms with E-state index in [4.69, 9.17) is 10.00 Å². The Morgan fingerprint density at radius 2 is 1.96 bits per heavy atom. The molecule has 2 aliphatic heterocycles. The first kappa shape index (κ1) is 15.5. The minimum absolute atomic E-state index is 0.190. The second-order valence-corrected chi connectivity index (χ2v) is 7.16. The average molecular weight is 315 g/mol. The van der Waals surface area contributed by atoms with Gasteiger partial charge in [-0.3, -0.25) is 0 Å². The van der Waals surface area contributed by atoms with Gasteiger partial charge in [-0.15, -0.1) is 0 Å². The molecule has 2 saturated heterocycles. The molecule has 1 aromatic heterocycles. The van der Waals surface area contributed by atoms with Crippen molar-refractivity contribution in [1.29, 1.82) is 5.26 Å². The van der Waals surface area contributed by atoms with E-state index < -0.39 is 5.60 Å². The van der Waals surface area contributed by atoms with Crippen LogP contribution in [0.3, 0.4) is 0 Å². The van der Waals surface area contributed by atoms with Crippen LogP contribution in [0.15, 0.2) is 12.3 Å². The topological polar surface area (TPSA) is 82.4 Å². The van der Waals surface area contributed by atoms with Gasteiger partial charge in [-0.2, -0.15) is 5.26 Å². The molecule has 3 rings (SSSR count). The quantitative estimate of drug-likeness (QED) is 0.783. The van der Waals surface area contributed by atoms with Crippen LogP contribution in [0.5, 0.6) is 0 Å². The third-order valence-electron chi connectivity index (χ3n) is 4.20. The molecule has 0 unspecified atom stereocenters. The maximum atomic E-state index is 12.2. The minimum atomic E-state index is -0.463. The van der Waals surface area contributed by atoms with Gasteiger partial charge in [0.25, 0.3) is 0 Å². The van der Waals surface area contributed by atoms with Gasteiger partial charge in [-0.05, 0) is 26.8 Å². The summed E-state index contributed by atoms with van der Waals surface area (Å²) in [4.78, 5) is 24.3. The number of ether oxygens (including phenoxy) is 1. The number of aromatic nitrogens is 2. The molecule has 7 heteroatoms. The van der Waals surface area contributed by atoms with Crippen LogP contribution >= 0.6 is 0 Å². The lowest BCUT2D eigenvalue weighted by atomic mass is 10.0.